The first-order valence-corrected chi connectivity index (χ1v) is 13.9. The van der Waals surface area contributed by atoms with Crippen LogP contribution in [0.15, 0.2) is 36.7 Å². The summed E-state index contributed by atoms with van der Waals surface area (Å²) in [6, 6.07) is 6.80. The first-order valence-electron chi connectivity index (χ1n) is 13.9. The lowest BCUT2D eigenvalue weighted by atomic mass is 10.2. The van der Waals surface area contributed by atoms with E-state index in [1.54, 1.807) is 28.1 Å². The highest BCUT2D eigenvalue weighted by Gasteiger charge is 2.27. The maximum Gasteiger partial charge on any atom is 0.410 e. The topological polar surface area (TPSA) is 160 Å². The lowest BCUT2D eigenvalue weighted by molar-refractivity contribution is -0.389. The van der Waals surface area contributed by atoms with E-state index in [1.165, 1.54) is 12.3 Å². The van der Waals surface area contributed by atoms with Crippen molar-refractivity contribution in [1.82, 2.24) is 19.8 Å². The van der Waals surface area contributed by atoms with Gasteiger partial charge in [0.2, 0.25) is 0 Å². The molecule has 2 N–H and O–H groups in total. The minimum absolute atomic E-state index is 0.170. The Morgan fingerprint density at radius 1 is 0.738 bits per heavy atom. The van der Waals surface area contributed by atoms with Gasteiger partial charge in [0, 0.05) is 58.4 Å². The van der Waals surface area contributed by atoms with Gasteiger partial charge in [-0.3, -0.25) is 0 Å². The van der Waals surface area contributed by atoms with Gasteiger partial charge in [-0.15, -0.1) is 0 Å². The van der Waals surface area contributed by atoms with E-state index in [4.69, 9.17) is 15.2 Å². The van der Waals surface area contributed by atoms with E-state index in [2.05, 4.69) is 14.9 Å². The van der Waals surface area contributed by atoms with Crippen molar-refractivity contribution in [2.75, 3.05) is 67.9 Å². The zero-order valence-electron chi connectivity index (χ0n) is 25.3. The lowest BCUT2D eigenvalue weighted by Gasteiger charge is -2.36. The van der Waals surface area contributed by atoms with Gasteiger partial charge in [0.25, 0.3) is 0 Å². The first-order chi connectivity index (χ1) is 19.6. The van der Waals surface area contributed by atoms with Crippen molar-refractivity contribution < 1.29 is 24.0 Å². The summed E-state index contributed by atoms with van der Waals surface area (Å²) in [5.41, 5.74) is 6.47. The van der Waals surface area contributed by atoms with Crippen LogP contribution in [0.3, 0.4) is 0 Å². The fraction of sp³-hybridized carbons (Fsp3) is 0.571. The molecule has 0 unspecified atom stereocenters. The number of nitrogen functional groups attached to an aromatic ring is 1. The molecule has 2 aliphatic rings. The summed E-state index contributed by atoms with van der Waals surface area (Å²) in [5.74, 6) is 0.345. The van der Waals surface area contributed by atoms with Gasteiger partial charge in [0.15, 0.2) is 6.20 Å². The molecule has 42 heavy (non-hydrogen) atoms. The quantitative estimate of drug-likeness (QED) is 0.412. The molecular weight excluding hydrogens is 544 g/mol. The second-order valence-corrected chi connectivity index (χ2v) is 12.0. The van der Waals surface area contributed by atoms with Crippen LogP contribution in [-0.2, 0) is 9.47 Å². The lowest BCUT2D eigenvalue weighted by Crippen LogP contribution is -2.50. The van der Waals surface area contributed by atoms with Gasteiger partial charge < -0.3 is 44.9 Å². The van der Waals surface area contributed by atoms with Crippen LogP contribution in [0.2, 0.25) is 0 Å². The highest BCUT2D eigenvalue weighted by atomic mass is 16.6. The summed E-state index contributed by atoms with van der Waals surface area (Å²) in [5, 5.41) is 10.6. The first kappa shape index (κ1) is 32.2. The largest absolute Gasteiger partial charge is 0.444 e. The van der Waals surface area contributed by atoms with Crippen molar-refractivity contribution >= 4 is 35.2 Å². The van der Waals surface area contributed by atoms with Crippen LogP contribution < -0.4 is 15.5 Å². The molecule has 14 heteroatoms. The van der Waals surface area contributed by atoms with E-state index in [1.807, 2.05) is 52.5 Å². The third kappa shape index (κ3) is 9.93. The Morgan fingerprint density at radius 3 is 1.45 bits per heavy atom. The Hall–Kier alpha value is -4.36. The number of ether oxygens (including phenoxy) is 2. The smallest absolute Gasteiger partial charge is 0.410 e. The molecule has 0 spiro atoms. The highest BCUT2D eigenvalue weighted by Crippen LogP contribution is 2.20. The van der Waals surface area contributed by atoms with Crippen LogP contribution in [0.5, 0.6) is 0 Å². The third-order valence-corrected chi connectivity index (χ3v) is 6.28. The number of piperazine rings is 2. The number of nitro groups is 1. The predicted octanol–water partition coefficient (Wildman–Crippen LogP) is 3.77. The van der Waals surface area contributed by atoms with Gasteiger partial charge in [-0.2, -0.15) is 0 Å². The third-order valence-electron chi connectivity index (χ3n) is 6.28. The highest BCUT2D eigenvalue weighted by molar-refractivity contribution is 5.69. The van der Waals surface area contributed by atoms with E-state index >= 15 is 0 Å². The Bertz CT molecular complexity index is 1190. The van der Waals surface area contributed by atoms with Crippen molar-refractivity contribution in [3.05, 3.63) is 46.8 Å². The van der Waals surface area contributed by atoms with Crippen LogP contribution in [0.25, 0.3) is 0 Å². The molecular formula is C28H42N8O6. The van der Waals surface area contributed by atoms with Crippen LogP contribution in [-0.4, -0.2) is 100 Å². The standard InChI is InChI=1S/C14H20N4O4.C14H22N4O2/c1-14(2,3)22-13(19)17-8-6-16(7-9-17)11-4-5-12(15-10-11)18(20)21;1-14(2,3)20-13(19)18-8-6-17(7-9-18)11-4-5-12(15)16-10-11/h4-5,10H,6-9H2,1-3H3;4-5,10H,6-9H2,1-3H3,(H2,15,16). The average molecular weight is 587 g/mol. The van der Waals surface area contributed by atoms with E-state index in [0.717, 1.165) is 24.5 Å². The zero-order valence-corrected chi connectivity index (χ0v) is 25.3. The molecule has 0 radical (unpaired) electrons. The SMILES string of the molecule is CC(C)(C)OC(=O)N1CCN(c2ccc(N)nc2)CC1.CC(C)(C)OC(=O)N1CCN(c2ccc([N+](=O)[O-])nc2)CC1. The normalized spacial score (nSPS) is 15.9. The van der Waals surface area contributed by atoms with Crippen molar-refractivity contribution in [3.63, 3.8) is 0 Å². The number of carbonyl (C=O) groups is 2. The van der Waals surface area contributed by atoms with Crippen molar-refractivity contribution in [2.45, 2.75) is 52.7 Å². The monoisotopic (exact) mass is 586 g/mol. The van der Waals surface area contributed by atoms with Crippen LogP contribution in [0, 0.1) is 10.1 Å². The van der Waals surface area contributed by atoms with Crippen molar-refractivity contribution in [1.29, 1.82) is 0 Å². The Kier molecular flexibility index (Phi) is 10.4. The zero-order chi connectivity index (χ0) is 31.1. The van der Waals surface area contributed by atoms with Gasteiger partial charge >= 0.3 is 18.0 Å². The Morgan fingerprint density at radius 2 is 1.14 bits per heavy atom. The minimum atomic E-state index is -0.524. The number of nitrogens with two attached hydrogens (primary N) is 1. The fourth-order valence-electron chi connectivity index (χ4n) is 4.21. The number of nitrogens with zero attached hydrogens (tertiary/aromatic N) is 7. The van der Waals surface area contributed by atoms with Crippen LogP contribution >= 0.6 is 0 Å². The summed E-state index contributed by atoms with van der Waals surface area (Å²) in [7, 11) is 0. The second kappa shape index (κ2) is 13.5. The van der Waals surface area contributed by atoms with Gasteiger partial charge in [0.05, 0.1) is 17.6 Å². The van der Waals surface area contributed by atoms with Gasteiger partial charge in [-0.1, -0.05) is 0 Å². The molecule has 230 valence electrons. The van der Waals surface area contributed by atoms with Crippen molar-refractivity contribution in [2.24, 2.45) is 0 Å². The van der Waals surface area contributed by atoms with E-state index in [0.29, 0.717) is 45.1 Å². The number of aromatic nitrogens is 2. The Balaban J connectivity index is 0.000000231. The van der Waals surface area contributed by atoms with E-state index in [9.17, 15) is 19.7 Å². The molecule has 0 atom stereocenters. The molecule has 2 amide bonds. The fourth-order valence-corrected chi connectivity index (χ4v) is 4.21. The van der Waals surface area contributed by atoms with Gasteiger partial charge in [0.1, 0.15) is 17.0 Å². The van der Waals surface area contributed by atoms with Gasteiger partial charge in [-0.25, -0.2) is 14.6 Å². The molecule has 4 rings (SSSR count). The molecule has 14 nitrogen and oxygen atoms in total. The van der Waals surface area contributed by atoms with Crippen LogP contribution in [0.4, 0.5) is 32.6 Å². The number of amides is 2. The maximum atomic E-state index is 12.0. The summed E-state index contributed by atoms with van der Waals surface area (Å²) >= 11 is 0. The number of hydrogen-bond acceptors (Lipinski definition) is 11. The molecule has 0 aliphatic carbocycles. The summed E-state index contributed by atoms with van der Waals surface area (Å²) in [6.07, 6.45) is 2.70. The molecule has 2 saturated heterocycles. The molecule has 0 bridgehead atoms. The summed E-state index contributed by atoms with van der Waals surface area (Å²) in [4.78, 5) is 49.5. The summed E-state index contributed by atoms with van der Waals surface area (Å²) in [6.45, 7) is 16.4. The molecule has 0 saturated carbocycles. The molecule has 2 aliphatic heterocycles. The number of hydrogen-bond donors (Lipinski definition) is 1. The number of carbonyl (C=O) groups excluding carboxylic acids is 2. The molecule has 2 aromatic heterocycles. The second-order valence-electron chi connectivity index (χ2n) is 12.0. The van der Waals surface area contributed by atoms with Crippen LogP contribution in [0.1, 0.15) is 41.5 Å². The Labute approximate surface area is 246 Å². The molecule has 2 fully saturated rings. The number of rotatable bonds is 3. The predicted molar refractivity (Wildman–Crippen MR) is 160 cm³/mol. The van der Waals surface area contributed by atoms with E-state index < -0.39 is 16.1 Å². The van der Waals surface area contributed by atoms with Gasteiger partial charge in [-0.05, 0) is 69.6 Å². The molecule has 4 heterocycles. The molecule has 2 aromatic rings. The molecule has 0 aromatic carbocycles. The minimum Gasteiger partial charge on any atom is -0.444 e. The van der Waals surface area contributed by atoms with Crippen molar-refractivity contribution in [3.8, 4) is 0 Å². The summed E-state index contributed by atoms with van der Waals surface area (Å²) < 4.78 is 10.7. The van der Waals surface area contributed by atoms with E-state index in [-0.39, 0.29) is 18.0 Å². The number of pyridine rings is 2. The average Bonchev–Trinajstić information content (AvgIpc) is 2.92. The maximum absolute atomic E-state index is 12.0. The number of anilines is 3.